The van der Waals surface area contributed by atoms with Gasteiger partial charge in [-0.05, 0) is 6.92 Å². The Kier molecular flexibility index (Phi) is 5.63. The fourth-order valence-corrected chi connectivity index (χ4v) is 2.65. The Balaban J connectivity index is 1.57. The van der Waals surface area contributed by atoms with E-state index in [1.807, 2.05) is 0 Å². The Morgan fingerprint density at radius 3 is 2.79 bits per heavy atom. The van der Waals surface area contributed by atoms with Gasteiger partial charge in [0.1, 0.15) is 18.2 Å². The molecule has 1 atom stereocenters. The van der Waals surface area contributed by atoms with E-state index in [1.165, 1.54) is 0 Å². The van der Waals surface area contributed by atoms with Crippen LogP contribution in [0.1, 0.15) is 24.3 Å². The third-order valence-electron chi connectivity index (χ3n) is 3.93. The van der Waals surface area contributed by atoms with Crippen molar-refractivity contribution in [3.8, 4) is 0 Å². The molecule has 0 saturated heterocycles. The van der Waals surface area contributed by atoms with Crippen LogP contribution < -0.4 is 10.2 Å². The largest absolute Gasteiger partial charge is 0.465 e. The van der Waals surface area contributed by atoms with Crippen molar-refractivity contribution >= 4 is 11.9 Å². The van der Waals surface area contributed by atoms with E-state index in [-0.39, 0.29) is 19.3 Å². The average Bonchev–Trinajstić information content (AvgIpc) is 3.02. The highest BCUT2D eigenvalue weighted by Crippen LogP contribution is 2.27. The first-order valence-electron chi connectivity index (χ1n) is 8.36. The lowest BCUT2D eigenvalue weighted by Gasteiger charge is -2.27. The second kappa shape index (κ2) is 7.96. The number of aromatic nitrogens is 5. The van der Waals surface area contributed by atoms with Gasteiger partial charge in [-0.1, -0.05) is 0 Å². The summed E-state index contributed by atoms with van der Waals surface area (Å²) < 4.78 is 44.9. The van der Waals surface area contributed by atoms with Crippen LogP contribution in [0, 0.1) is 0 Å². The number of nitrogens with one attached hydrogen (secondary N) is 1. The topological polar surface area (TPSA) is 118 Å². The standard InChI is InChI=1S/C15H18F3N7O3/c1-9(21-14(26)27)7-28-8-11-22-13-6-24(2-3-25(13)23-11)12-5-19-10(4-20-12)15(16,17)18/h4-5,9,21H,2-3,6-8H2,1H3,(H,26,27)/t9-/m0/s1. The zero-order valence-corrected chi connectivity index (χ0v) is 14.8. The molecule has 3 heterocycles. The molecule has 2 aromatic rings. The smallest absolute Gasteiger partial charge is 0.434 e. The van der Waals surface area contributed by atoms with Crippen LogP contribution in [0.15, 0.2) is 12.4 Å². The van der Waals surface area contributed by atoms with E-state index in [9.17, 15) is 18.0 Å². The van der Waals surface area contributed by atoms with Crippen molar-refractivity contribution in [2.24, 2.45) is 0 Å². The summed E-state index contributed by atoms with van der Waals surface area (Å²) >= 11 is 0. The van der Waals surface area contributed by atoms with E-state index >= 15 is 0 Å². The molecule has 2 N–H and O–H groups in total. The first-order chi connectivity index (χ1) is 13.2. The zero-order valence-electron chi connectivity index (χ0n) is 14.8. The molecule has 0 spiro atoms. The van der Waals surface area contributed by atoms with Crippen molar-refractivity contribution in [2.75, 3.05) is 18.1 Å². The van der Waals surface area contributed by atoms with Gasteiger partial charge in [-0.3, -0.25) is 0 Å². The number of nitrogens with zero attached hydrogens (tertiary/aromatic N) is 6. The van der Waals surface area contributed by atoms with E-state index in [1.54, 1.807) is 16.5 Å². The van der Waals surface area contributed by atoms with Crippen LogP contribution in [0.3, 0.4) is 0 Å². The summed E-state index contributed by atoms with van der Waals surface area (Å²) in [5.41, 5.74) is -1.04. The quantitative estimate of drug-likeness (QED) is 0.743. The number of ether oxygens (including phenoxy) is 1. The maximum absolute atomic E-state index is 12.6. The van der Waals surface area contributed by atoms with Crippen LogP contribution in [0.25, 0.3) is 0 Å². The van der Waals surface area contributed by atoms with Crippen LogP contribution in [-0.4, -0.2) is 55.1 Å². The monoisotopic (exact) mass is 401 g/mol. The van der Waals surface area contributed by atoms with Crippen LogP contribution in [0.2, 0.25) is 0 Å². The molecule has 1 aliphatic heterocycles. The maximum atomic E-state index is 12.6. The minimum atomic E-state index is -4.53. The lowest BCUT2D eigenvalue weighted by molar-refractivity contribution is -0.141. The van der Waals surface area contributed by atoms with Crippen molar-refractivity contribution < 1.29 is 27.8 Å². The van der Waals surface area contributed by atoms with Gasteiger partial charge in [0, 0.05) is 6.54 Å². The molecule has 152 valence electrons. The van der Waals surface area contributed by atoms with Crippen molar-refractivity contribution in [2.45, 2.75) is 38.8 Å². The molecule has 0 unspecified atom stereocenters. The number of halogens is 3. The summed E-state index contributed by atoms with van der Waals surface area (Å²) in [7, 11) is 0. The van der Waals surface area contributed by atoms with Crippen molar-refractivity contribution in [3.63, 3.8) is 0 Å². The Labute approximate surface area is 157 Å². The molecule has 0 aliphatic carbocycles. The molecule has 1 amide bonds. The maximum Gasteiger partial charge on any atom is 0.434 e. The molecule has 28 heavy (non-hydrogen) atoms. The normalized spacial score (nSPS) is 15.2. The van der Waals surface area contributed by atoms with E-state index < -0.39 is 18.0 Å². The number of rotatable bonds is 6. The average molecular weight is 401 g/mol. The second-order valence-corrected chi connectivity index (χ2v) is 6.21. The molecular formula is C15H18F3N7O3. The minimum absolute atomic E-state index is 0.117. The van der Waals surface area contributed by atoms with Crippen molar-refractivity contribution in [1.29, 1.82) is 0 Å². The van der Waals surface area contributed by atoms with Crippen molar-refractivity contribution in [1.82, 2.24) is 30.0 Å². The number of anilines is 1. The van der Waals surface area contributed by atoms with Crippen LogP contribution in [0.5, 0.6) is 0 Å². The predicted octanol–water partition coefficient (Wildman–Crippen LogP) is 1.28. The number of hydrogen-bond acceptors (Lipinski definition) is 7. The van der Waals surface area contributed by atoms with Gasteiger partial charge in [-0.15, -0.1) is 0 Å². The number of hydrogen-bond donors (Lipinski definition) is 2. The third kappa shape index (κ3) is 4.85. The molecule has 3 rings (SSSR count). The summed E-state index contributed by atoms with van der Waals surface area (Å²) in [5.74, 6) is 1.40. The number of fused-ring (bicyclic) bond motifs is 1. The highest BCUT2D eigenvalue weighted by atomic mass is 19.4. The van der Waals surface area contributed by atoms with E-state index in [0.717, 1.165) is 6.20 Å². The molecule has 0 saturated carbocycles. The Morgan fingerprint density at radius 1 is 1.36 bits per heavy atom. The summed E-state index contributed by atoms with van der Waals surface area (Å²) in [6, 6.07) is -0.372. The SMILES string of the molecule is C[C@@H](COCc1nc2n(n1)CCN(c1cnc(C(F)(F)F)cn1)C2)NC(=O)O. The number of carbonyl (C=O) groups is 1. The van der Waals surface area contributed by atoms with E-state index in [2.05, 4.69) is 25.4 Å². The summed E-state index contributed by atoms with van der Waals surface area (Å²) in [4.78, 5) is 23.9. The molecule has 0 fully saturated rings. The zero-order chi connectivity index (χ0) is 20.3. The highest BCUT2D eigenvalue weighted by molar-refractivity contribution is 5.64. The summed E-state index contributed by atoms with van der Waals surface area (Å²) in [6.45, 7) is 3.26. The van der Waals surface area contributed by atoms with Gasteiger partial charge in [-0.25, -0.2) is 24.4 Å². The molecule has 1 aliphatic rings. The van der Waals surface area contributed by atoms with E-state index in [4.69, 9.17) is 9.84 Å². The Hall–Kier alpha value is -2.96. The van der Waals surface area contributed by atoms with Gasteiger partial charge in [-0.2, -0.15) is 18.3 Å². The lowest BCUT2D eigenvalue weighted by Crippen LogP contribution is -2.35. The third-order valence-corrected chi connectivity index (χ3v) is 3.93. The highest BCUT2D eigenvalue weighted by Gasteiger charge is 2.33. The lowest BCUT2D eigenvalue weighted by atomic mass is 10.3. The first kappa shape index (κ1) is 19.8. The molecule has 0 bridgehead atoms. The Bertz CT molecular complexity index is 825. The summed E-state index contributed by atoms with van der Waals surface area (Å²) in [6.07, 6.45) is -3.85. The van der Waals surface area contributed by atoms with Gasteiger partial charge >= 0.3 is 12.3 Å². The van der Waals surface area contributed by atoms with Gasteiger partial charge in [0.25, 0.3) is 0 Å². The van der Waals surface area contributed by atoms with E-state index in [0.29, 0.717) is 43.3 Å². The first-order valence-corrected chi connectivity index (χ1v) is 8.36. The molecule has 0 radical (unpaired) electrons. The summed E-state index contributed by atoms with van der Waals surface area (Å²) in [5, 5.41) is 15.2. The Morgan fingerprint density at radius 2 is 2.14 bits per heavy atom. The molecule has 2 aromatic heterocycles. The minimum Gasteiger partial charge on any atom is -0.465 e. The fourth-order valence-electron chi connectivity index (χ4n) is 2.65. The van der Waals surface area contributed by atoms with Gasteiger partial charge in [0.05, 0.1) is 38.1 Å². The number of alkyl halides is 3. The molecule has 0 aromatic carbocycles. The molecule has 10 nitrogen and oxygen atoms in total. The van der Waals surface area contributed by atoms with Crippen LogP contribution >= 0.6 is 0 Å². The molecule has 13 heteroatoms. The van der Waals surface area contributed by atoms with Gasteiger partial charge in [0.15, 0.2) is 11.5 Å². The predicted molar refractivity (Wildman–Crippen MR) is 88.4 cm³/mol. The van der Waals surface area contributed by atoms with Gasteiger partial charge in [0.2, 0.25) is 0 Å². The number of amides is 1. The van der Waals surface area contributed by atoms with Gasteiger partial charge < -0.3 is 20.1 Å². The van der Waals surface area contributed by atoms with Crippen LogP contribution in [0.4, 0.5) is 23.8 Å². The number of carboxylic acid groups (broad SMARTS) is 1. The fraction of sp³-hybridized carbons (Fsp3) is 0.533. The second-order valence-electron chi connectivity index (χ2n) is 6.21. The van der Waals surface area contributed by atoms with Crippen molar-refractivity contribution in [3.05, 3.63) is 29.7 Å². The van der Waals surface area contributed by atoms with Crippen LogP contribution in [-0.2, 0) is 30.6 Å². The molecular weight excluding hydrogens is 383 g/mol.